The zero-order valence-electron chi connectivity index (χ0n) is 12.7. The van der Waals surface area contributed by atoms with Gasteiger partial charge in [-0.05, 0) is 50.3 Å². The van der Waals surface area contributed by atoms with Crippen LogP contribution in [0.15, 0.2) is 34.2 Å². The van der Waals surface area contributed by atoms with E-state index in [1.165, 1.54) is 11.8 Å². The molecule has 0 aliphatic rings. The van der Waals surface area contributed by atoms with Crippen molar-refractivity contribution in [2.24, 2.45) is 0 Å². The summed E-state index contributed by atoms with van der Waals surface area (Å²) in [6.45, 7) is 5.90. The number of aryl methyl sites for hydroxylation is 1. The van der Waals surface area contributed by atoms with Gasteiger partial charge in [-0.2, -0.15) is 0 Å². The molecule has 2 rings (SSSR count). The lowest BCUT2D eigenvalue weighted by Crippen LogP contribution is -2.23. The highest BCUT2D eigenvalue weighted by molar-refractivity contribution is 7.98. The van der Waals surface area contributed by atoms with Crippen LogP contribution in [0.5, 0.6) is 0 Å². The maximum atomic E-state index is 12.8. The summed E-state index contributed by atoms with van der Waals surface area (Å²) >= 11 is 7.54. The molecule has 1 aromatic heterocycles. The third kappa shape index (κ3) is 3.33. The predicted molar refractivity (Wildman–Crippen MR) is 92.4 cm³/mol. The molecule has 0 aliphatic heterocycles. The number of hydrogen-bond donors (Lipinski definition) is 0. The van der Waals surface area contributed by atoms with Gasteiger partial charge in [-0.15, -0.1) is 11.6 Å². The monoisotopic (exact) mass is 322 g/mol. The molecule has 0 bridgehead atoms. The Balaban J connectivity index is 2.82. The molecule has 1 atom stereocenters. The Bertz CT molecular complexity index is 750. The van der Waals surface area contributed by atoms with Gasteiger partial charge in [-0.1, -0.05) is 24.8 Å². The number of rotatable bonds is 4. The molecule has 0 spiro atoms. The first-order valence-corrected chi connectivity index (χ1v) is 8.56. The summed E-state index contributed by atoms with van der Waals surface area (Å²) in [7, 11) is 0. The first kappa shape index (κ1) is 16.1. The Morgan fingerprint density at radius 3 is 2.81 bits per heavy atom. The number of benzene rings is 1. The Labute approximate surface area is 134 Å². The quantitative estimate of drug-likeness (QED) is 0.478. The Morgan fingerprint density at radius 2 is 2.24 bits per heavy atom. The lowest BCUT2D eigenvalue weighted by Gasteiger charge is -2.15. The van der Waals surface area contributed by atoms with Gasteiger partial charge in [0.05, 0.1) is 16.3 Å². The van der Waals surface area contributed by atoms with E-state index in [-0.39, 0.29) is 10.9 Å². The number of fused-ring (bicyclic) bond motifs is 1. The van der Waals surface area contributed by atoms with E-state index in [4.69, 9.17) is 11.6 Å². The molecule has 0 aliphatic carbocycles. The Kier molecular flexibility index (Phi) is 5.12. The molecule has 3 nitrogen and oxygen atoms in total. The van der Waals surface area contributed by atoms with Gasteiger partial charge in [-0.3, -0.25) is 9.36 Å². The number of thioether (sulfide) groups is 1. The second-order valence-electron chi connectivity index (χ2n) is 4.95. The van der Waals surface area contributed by atoms with Gasteiger partial charge in [0.2, 0.25) is 0 Å². The van der Waals surface area contributed by atoms with Gasteiger partial charge in [0, 0.05) is 5.70 Å². The number of hydrogen-bond acceptors (Lipinski definition) is 3. The van der Waals surface area contributed by atoms with Crippen LogP contribution < -0.4 is 5.56 Å². The minimum Gasteiger partial charge on any atom is -0.268 e. The molecule has 2 aromatic rings. The lowest BCUT2D eigenvalue weighted by atomic mass is 10.1. The smallest absolute Gasteiger partial charge is 0.266 e. The molecule has 112 valence electrons. The SMILES string of the molecule is CC/C(=C\C(C)Cl)n1c(SC)nc2cc(C)ccc2c1=O. The second kappa shape index (κ2) is 6.67. The topological polar surface area (TPSA) is 34.9 Å². The highest BCUT2D eigenvalue weighted by Gasteiger charge is 2.13. The fourth-order valence-corrected chi connectivity index (χ4v) is 3.00. The van der Waals surface area contributed by atoms with E-state index in [9.17, 15) is 4.79 Å². The van der Waals surface area contributed by atoms with Gasteiger partial charge in [-0.25, -0.2) is 4.98 Å². The number of nitrogens with zero attached hydrogens (tertiary/aromatic N) is 2. The van der Waals surface area contributed by atoms with E-state index in [0.29, 0.717) is 10.5 Å². The number of allylic oxidation sites excluding steroid dienone is 2. The van der Waals surface area contributed by atoms with E-state index in [1.807, 2.05) is 51.3 Å². The molecule has 0 fully saturated rings. The average Bonchev–Trinajstić information content (AvgIpc) is 2.44. The summed E-state index contributed by atoms with van der Waals surface area (Å²) in [5, 5.41) is 1.21. The first-order valence-electron chi connectivity index (χ1n) is 6.90. The van der Waals surface area contributed by atoms with Crippen molar-refractivity contribution in [1.29, 1.82) is 0 Å². The van der Waals surface area contributed by atoms with Crippen LogP contribution in [0.25, 0.3) is 16.6 Å². The molecule has 1 unspecified atom stereocenters. The molecular weight excluding hydrogens is 304 g/mol. The van der Waals surface area contributed by atoms with Crippen LogP contribution >= 0.6 is 23.4 Å². The summed E-state index contributed by atoms with van der Waals surface area (Å²) in [4.78, 5) is 17.5. The fourth-order valence-electron chi connectivity index (χ4n) is 2.28. The van der Waals surface area contributed by atoms with Crippen LogP contribution in [0.2, 0.25) is 0 Å². The average molecular weight is 323 g/mol. The van der Waals surface area contributed by atoms with E-state index in [1.54, 1.807) is 4.57 Å². The van der Waals surface area contributed by atoms with Gasteiger partial charge in [0.1, 0.15) is 0 Å². The van der Waals surface area contributed by atoms with Gasteiger partial charge in [0.15, 0.2) is 5.16 Å². The molecule has 1 heterocycles. The van der Waals surface area contributed by atoms with Gasteiger partial charge in [0.25, 0.3) is 5.56 Å². The maximum Gasteiger partial charge on any atom is 0.266 e. The summed E-state index contributed by atoms with van der Waals surface area (Å²) in [5.41, 5.74) is 2.70. The fraction of sp³-hybridized carbons (Fsp3) is 0.375. The van der Waals surface area contributed by atoms with E-state index in [2.05, 4.69) is 4.98 Å². The Hall–Kier alpha value is -1.26. The van der Waals surface area contributed by atoms with E-state index >= 15 is 0 Å². The van der Waals surface area contributed by atoms with Crippen LogP contribution in [0.3, 0.4) is 0 Å². The summed E-state index contributed by atoms with van der Waals surface area (Å²) in [5.74, 6) is 0. The molecule has 0 N–H and O–H groups in total. The third-order valence-electron chi connectivity index (χ3n) is 3.25. The highest BCUT2D eigenvalue weighted by Crippen LogP contribution is 2.21. The highest BCUT2D eigenvalue weighted by atomic mass is 35.5. The molecular formula is C16H19ClN2OS. The second-order valence-corrected chi connectivity index (χ2v) is 6.41. The number of aromatic nitrogens is 2. The van der Waals surface area contributed by atoms with Gasteiger partial charge < -0.3 is 0 Å². The van der Waals surface area contributed by atoms with Crippen LogP contribution in [-0.4, -0.2) is 21.2 Å². The molecule has 1 aromatic carbocycles. The third-order valence-corrected chi connectivity index (χ3v) is 4.01. The molecule has 0 amide bonds. The first-order chi connectivity index (χ1) is 9.97. The van der Waals surface area contributed by atoms with Crippen LogP contribution in [-0.2, 0) is 0 Å². The standard InChI is InChI=1S/C16H19ClN2OS/c1-5-12(9-11(3)17)19-15(20)13-7-6-10(2)8-14(13)18-16(19)21-4/h6-9,11H,5H2,1-4H3/b12-9+. The van der Waals surface area contributed by atoms with Crippen molar-refractivity contribution in [3.05, 3.63) is 40.2 Å². The van der Waals surface area contributed by atoms with Crippen molar-refractivity contribution in [3.63, 3.8) is 0 Å². The summed E-state index contributed by atoms with van der Waals surface area (Å²) in [6.07, 6.45) is 4.56. The Morgan fingerprint density at radius 1 is 1.52 bits per heavy atom. The van der Waals surface area contributed by atoms with E-state index in [0.717, 1.165) is 23.2 Å². The van der Waals surface area contributed by atoms with Crippen molar-refractivity contribution >= 4 is 40.0 Å². The summed E-state index contributed by atoms with van der Waals surface area (Å²) < 4.78 is 1.68. The van der Waals surface area contributed by atoms with Crippen molar-refractivity contribution in [1.82, 2.24) is 9.55 Å². The van der Waals surface area contributed by atoms with Crippen molar-refractivity contribution in [2.75, 3.05) is 6.26 Å². The minimum atomic E-state index is -0.129. The minimum absolute atomic E-state index is 0.0326. The van der Waals surface area contributed by atoms with Crippen molar-refractivity contribution < 1.29 is 0 Å². The summed E-state index contributed by atoms with van der Waals surface area (Å²) in [6, 6.07) is 5.73. The van der Waals surface area contributed by atoms with Crippen LogP contribution in [0, 0.1) is 6.92 Å². The van der Waals surface area contributed by atoms with Crippen LogP contribution in [0.4, 0.5) is 0 Å². The predicted octanol–water partition coefficient (Wildman–Crippen LogP) is 4.31. The van der Waals surface area contributed by atoms with Crippen molar-refractivity contribution in [3.8, 4) is 0 Å². The zero-order chi connectivity index (χ0) is 15.6. The number of alkyl halides is 1. The molecule has 0 saturated carbocycles. The van der Waals surface area contributed by atoms with E-state index < -0.39 is 0 Å². The van der Waals surface area contributed by atoms with Crippen LogP contribution in [0.1, 0.15) is 25.8 Å². The molecule has 0 radical (unpaired) electrons. The largest absolute Gasteiger partial charge is 0.268 e. The molecule has 21 heavy (non-hydrogen) atoms. The zero-order valence-corrected chi connectivity index (χ0v) is 14.3. The lowest BCUT2D eigenvalue weighted by molar-refractivity contribution is 0.808. The molecule has 5 heteroatoms. The molecule has 0 saturated heterocycles. The van der Waals surface area contributed by atoms with Crippen molar-refractivity contribution in [2.45, 2.75) is 37.7 Å². The van der Waals surface area contributed by atoms with Gasteiger partial charge >= 0.3 is 0 Å². The number of halogens is 1. The normalized spacial score (nSPS) is 13.7. The maximum absolute atomic E-state index is 12.8.